The number of hydrogen-bond acceptors (Lipinski definition) is 4. The van der Waals surface area contributed by atoms with Crippen LogP contribution in [0.1, 0.15) is 18.0 Å². The van der Waals surface area contributed by atoms with Crippen molar-refractivity contribution < 1.29 is 30.4 Å². The highest BCUT2D eigenvalue weighted by Gasteiger charge is 2.62. The molecule has 1 heterocycles. The SMILES string of the molecule is CS(=O)(=O)c1ccccc1-c1ccc(C2CC(C(F)(F)C(F)(F)F)=NN2c2ccccc2Cl)cc1. The number of nitrogens with zero attached hydrogens (tertiary/aromatic N) is 2. The lowest BCUT2D eigenvalue weighted by Gasteiger charge is -2.25. The lowest BCUT2D eigenvalue weighted by Crippen LogP contribution is -2.43. The molecule has 184 valence electrons. The van der Waals surface area contributed by atoms with Gasteiger partial charge in [-0.2, -0.15) is 27.1 Å². The van der Waals surface area contributed by atoms with Crippen LogP contribution in [0.4, 0.5) is 27.6 Å². The van der Waals surface area contributed by atoms with Crippen molar-refractivity contribution in [3.63, 3.8) is 0 Å². The molecule has 1 unspecified atom stereocenters. The molecule has 35 heavy (non-hydrogen) atoms. The number of hydrazone groups is 1. The van der Waals surface area contributed by atoms with Crippen LogP contribution in [0, 0.1) is 0 Å². The van der Waals surface area contributed by atoms with E-state index in [0.717, 1.165) is 11.3 Å². The first-order valence-electron chi connectivity index (χ1n) is 10.3. The topological polar surface area (TPSA) is 49.7 Å². The van der Waals surface area contributed by atoms with Crippen LogP contribution in [-0.2, 0) is 9.84 Å². The first-order chi connectivity index (χ1) is 16.3. The second-order valence-electron chi connectivity index (χ2n) is 8.03. The summed E-state index contributed by atoms with van der Waals surface area (Å²) in [7, 11) is -3.53. The van der Waals surface area contributed by atoms with Crippen molar-refractivity contribution in [3.8, 4) is 11.1 Å². The van der Waals surface area contributed by atoms with Gasteiger partial charge in [-0.15, -0.1) is 0 Å². The molecule has 1 aliphatic rings. The van der Waals surface area contributed by atoms with E-state index < -0.39 is 40.1 Å². The van der Waals surface area contributed by atoms with Crippen LogP contribution in [0.15, 0.2) is 82.8 Å². The van der Waals surface area contributed by atoms with E-state index in [9.17, 15) is 30.4 Å². The van der Waals surface area contributed by atoms with E-state index in [-0.39, 0.29) is 15.6 Å². The first-order valence-corrected chi connectivity index (χ1v) is 12.5. The van der Waals surface area contributed by atoms with Gasteiger partial charge in [0.15, 0.2) is 9.84 Å². The molecule has 3 aromatic rings. The van der Waals surface area contributed by atoms with Gasteiger partial charge >= 0.3 is 12.1 Å². The van der Waals surface area contributed by atoms with Gasteiger partial charge in [0.2, 0.25) is 0 Å². The molecule has 0 aliphatic carbocycles. The molecule has 0 amide bonds. The zero-order valence-corrected chi connectivity index (χ0v) is 19.7. The maximum atomic E-state index is 14.2. The Kier molecular flexibility index (Phi) is 6.39. The van der Waals surface area contributed by atoms with Crippen LogP contribution < -0.4 is 5.01 Å². The van der Waals surface area contributed by atoms with E-state index in [1.165, 1.54) is 18.2 Å². The van der Waals surface area contributed by atoms with Crippen molar-refractivity contribution in [2.45, 2.75) is 29.5 Å². The fraction of sp³-hybridized carbons (Fsp3) is 0.208. The third-order valence-electron chi connectivity index (χ3n) is 5.62. The molecule has 1 atom stereocenters. The average molecular weight is 529 g/mol. The average Bonchev–Trinajstić information content (AvgIpc) is 3.24. The minimum absolute atomic E-state index is 0.113. The van der Waals surface area contributed by atoms with E-state index >= 15 is 0 Å². The predicted octanol–water partition coefficient (Wildman–Crippen LogP) is 6.92. The number of anilines is 1. The molecule has 0 aromatic heterocycles. The van der Waals surface area contributed by atoms with Gasteiger partial charge in [-0.25, -0.2) is 8.42 Å². The smallest absolute Gasteiger partial charge is 0.256 e. The quantitative estimate of drug-likeness (QED) is 0.338. The Labute approximate surface area is 203 Å². The fourth-order valence-corrected chi connectivity index (χ4v) is 5.03. The van der Waals surface area contributed by atoms with Crippen LogP contribution >= 0.6 is 11.6 Å². The fourth-order valence-electron chi connectivity index (χ4n) is 3.90. The standard InChI is InChI=1S/C24H18ClF5N2O2S/c1-35(33,34)21-9-5-2-6-17(21)15-10-12-16(13-11-15)20-14-22(23(26,27)24(28,29)30)31-32(20)19-8-4-3-7-18(19)25/h2-13,20H,14H2,1H3. The lowest BCUT2D eigenvalue weighted by molar-refractivity contribution is -0.249. The number of sulfone groups is 1. The van der Waals surface area contributed by atoms with Gasteiger partial charge in [-0.05, 0) is 29.3 Å². The normalized spacial score (nSPS) is 16.9. The molecule has 0 bridgehead atoms. The minimum Gasteiger partial charge on any atom is -0.256 e. The van der Waals surface area contributed by atoms with Gasteiger partial charge in [-0.1, -0.05) is 66.2 Å². The summed E-state index contributed by atoms with van der Waals surface area (Å²) in [5.74, 6) is -5.12. The second kappa shape index (κ2) is 8.91. The van der Waals surface area contributed by atoms with Crippen LogP contribution in [-0.4, -0.2) is 32.5 Å². The Morgan fingerprint density at radius 3 is 2.11 bits per heavy atom. The van der Waals surface area contributed by atoms with Crippen molar-refractivity contribution in [1.29, 1.82) is 0 Å². The Hall–Kier alpha value is -2.98. The largest absolute Gasteiger partial charge is 0.459 e. The number of halogens is 6. The number of alkyl halides is 5. The Morgan fingerprint density at radius 1 is 0.914 bits per heavy atom. The van der Waals surface area contributed by atoms with Crippen LogP contribution in [0.2, 0.25) is 5.02 Å². The van der Waals surface area contributed by atoms with E-state index in [1.807, 2.05) is 0 Å². The summed E-state index contributed by atoms with van der Waals surface area (Å²) >= 11 is 6.20. The zero-order valence-electron chi connectivity index (χ0n) is 18.1. The summed E-state index contributed by atoms with van der Waals surface area (Å²) in [4.78, 5) is 0.113. The number of benzene rings is 3. The highest BCUT2D eigenvalue weighted by Crippen LogP contribution is 2.46. The van der Waals surface area contributed by atoms with Crippen molar-refractivity contribution in [1.82, 2.24) is 0 Å². The highest BCUT2D eigenvalue weighted by atomic mass is 35.5. The summed E-state index contributed by atoms with van der Waals surface area (Å²) in [5, 5.41) is 4.86. The van der Waals surface area contributed by atoms with Gasteiger partial charge < -0.3 is 0 Å². The molecule has 0 radical (unpaired) electrons. The molecular formula is C24H18ClF5N2O2S. The monoisotopic (exact) mass is 528 g/mol. The maximum Gasteiger partial charge on any atom is 0.459 e. The molecule has 4 nitrogen and oxygen atoms in total. The minimum atomic E-state index is -5.80. The van der Waals surface area contributed by atoms with E-state index in [4.69, 9.17) is 11.6 Å². The van der Waals surface area contributed by atoms with E-state index in [2.05, 4.69) is 5.10 Å². The Bertz CT molecular complexity index is 1390. The summed E-state index contributed by atoms with van der Waals surface area (Å²) in [6, 6.07) is 17.8. The number of para-hydroxylation sites is 1. The molecule has 0 N–H and O–H groups in total. The predicted molar refractivity (Wildman–Crippen MR) is 125 cm³/mol. The summed E-state index contributed by atoms with van der Waals surface area (Å²) in [6.45, 7) is 0. The maximum absolute atomic E-state index is 14.2. The second-order valence-corrected chi connectivity index (χ2v) is 10.4. The van der Waals surface area contributed by atoms with Gasteiger partial charge in [0.05, 0.1) is 21.6 Å². The Morgan fingerprint density at radius 2 is 1.51 bits per heavy atom. The van der Waals surface area contributed by atoms with Gasteiger partial charge in [0.25, 0.3) is 0 Å². The third kappa shape index (κ3) is 4.77. The van der Waals surface area contributed by atoms with Crippen LogP contribution in [0.5, 0.6) is 0 Å². The summed E-state index contributed by atoms with van der Waals surface area (Å²) in [5.41, 5.74) is 0.248. The van der Waals surface area contributed by atoms with Crippen LogP contribution in [0.25, 0.3) is 11.1 Å². The van der Waals surface area contributed by atoms with E-state index in [1.54, 1.807) is 54.6 Å². The Balaban J connectivity index is 1.76. The molecule has 0 saturated heterocycles. The molecule has 0 spiro atoms. The summed E-state index contributed by atoms with van der Waals surface area (Å²) < 4.78 is 91.9. The van der Waals surface area contributed by atoms with Crippen LogP contribution in [0.3, 0.4) is 0 Å². The number of hydrogen-bond donors (Lipinski definition) is 0. The highest BCUT2D eigenvalue weighted by molar-refractivity contribution is 7.90. The summed E-state index contributed by atoms with van der Waals surface area (Å²) in [6.07, 6.45) is -5.40. The van der Waals surface area contributed by atoms with Crippen molar-refractivity contribution in [2.24, 2.45) is 5.10 Å². The lowest BCUT2D eigenvalue weighted by atomic mass is 9.96. The van der Waals surface area contributed by atoms with Crippen molar-refractivity contribution in [3.05, 3.63) is 83.4 Å². The molecule has 0 fully saturated rings. The van der Waals surface area contributed by atoms with Gasteiger partial charge in [0.1, 0.15) is 5.71 Å². The number of rotatable bonds is 5. The van der Waals surface area contributed by atoms with Gasteiger partial charge in [-0.3, -0.25) is 5.01 Å². The molecular weight excluding hydrogens is 511 g/mol. The van der Waals surface area contributed by atoms with Gasteiger partial charge in [0, 0.05) is 18.2 Å². The molecule has 3 aromatic carbocycles. The zero-order chi connectivity index (χ0) is 25.6. The van der Waals surface area contributed by atoms with E-state index in [0.29, 0.717) is 16.7 Å². The molecule has 1 aliphatic heterocycles. The first kappa shape index (κ1) is 25.1. The molecule has 0 saturated carbocycles. The molecule has 4 rings (SSSR count). The van der Waals surface area contributed by atoms with Crippen molar-refractivity contribution >= 4 is 32.8 Å². The third-order valence-corrected chi connectivity index (χ3v) is 7.10. The van der Waals surface area contributed by atoms with Crippen molar-refractivity contribution in [2.75, 3.05) is 11.3 Å². The molecule has 11 heteroatoms.